The summed E-state index contributed by atoms with van der Waals surface area (Å²) in [5.41, 5.74) is 2.65. The first-order valence-corrected chi connectivity index (χ1v) is 8.31. The third-order valence-electron chi connectivity index (χ3n) is 4.09. The molecule has 0 aliphatic carbocycles. The predicted octanol–water partition coefficient (Wildman–Crippen LogP) is 4.75. The second-order valence-electron chi connectivity index (χ2n) is 6.24. The number of ether oxygens (including phenoxy) is 3. The van der Waals surface area contributed by atoms with Gasteiger partial charge in [0.1, 0.15) is 35.5 Å². The number of carbonyl (C=O) groups is 1. The lowest BCUT2D eigenvalue weighted by Gasteiger charge is -2.27. The predicted molar refractivity (Wildman–Crippen MR) is 96.7 cm³/mol. The molecule has 130 valence electrons. The van der Waals surface area contributed by atoms with Crippen LogP contribution in [0, 0.1) is 0 Å². The molecule has 4 nitrogen and oxygen atoms in total. The topological polar surface area (TPSA) is 44.8 Å². The summed E-state index contributed by atoms with van der Waals surface area (Å²) in [6, 6.07) is 13.3. The van der Waals surface area contributed by atoms with E-state index < -0.39 is 0 Å². The third-order valence-corrected chi connectivity index (χ3v) is 4.09. The van der Waals surface area contributed by atoms with E-state index in [4.69, 9.17) is 14.2 Å². The number of methoxy groups -OCH3 is 1. The van der Waals surface area contributed by atoms with Gasteiger partial charge in [-0.3, -0.25) is 4.79 Å². The molecule has 0 N–H and O–H groups in total. The van der Waals surface area contributed by atoms with E-state index in [1.54, 1.807) is 19.2 Å². The van der Waals surface area contributed by atoms with Crippen molar-refractivity contribution >= 4 is 5.78 Å². The maximum absolute atomic E-state index is 12.7. The van der Waals surface area contributed by atoms with Gasteiger partial charge in [0.15, 0.2) is 5.78 Å². The van der Waals surface area contributed by atoms with Crippen molar-refractivity contribution in [1.29, 1.82) is 0 Å². The van der Waals surface area contributed by atoms with Gasteiger partial charge >= 0.3 is 0 Å². The first kappa shape index (κ1) is 17.1. The van der Waals surface area contributed by atoms with Crippen molar-refractivity contribution in [1.82, 2.24) is 0 Å². The number of allylic oxidation sites excluding steroid dienone is 1. The summed E-state index contributed by atoms with van der Waals surface area (Å²) in [4.78, 5) is 12.7. The molecule has 0 saturated heterocycles. The Kier molecular flexibility index (Phi) is 5.08. The van der Waals surface area contributed by atoms with Crippen LogP contribution in [0.4, 0.5) is 0 Å². The molecule has 1 atom stereocenters. The van der Waals surface area contributed by atoms with Gasteiger partial charge in [-0.05, 0) is 25.5 Å². The zero-order chi connectivity index (χ0) is 17.8. The maximum atomic E-state index is 12.7. The molecule has 0 spiro atoms. The summed E-state index contributed by atoms with van der Waals surface area (Å²) in [5.74, 6) is 1.63. The van der Waals surface area contributed by atoms with E-state index in [1.165, 1.54) is 5.57 Å². The van der Waals surface area contributed by atoms with Crippen LogP contribution in [0.3, 0.4) is 0 Å². The Morgan fingerprint density at radius 1 is 1.24 bits per heavy atom. The molecule has 3 rings (SSSR count). The Morgan fingerprint density at radius 2 is 2.00 bits per heavy atom. The highest BCUT2D eigenvalue weighted by molar-refractivity contribution is 6.02. The first-order chi connectivity index (χ1) is 12.1. The minimum atomic E-state index is -0.293. The largest absolute Gasteiger partial charge is 0.496 e. The van der Waals surface area contributed by atoms with Gasteiger partial charge in [-0.1, -0.05) is 35.9 Å². The van der Waals surface area contributed by atoms with Gasteiger partial charge < -0.3 is 14.2 Å². The monoisotopic (exact) mass is 338 g/mol. The number of ketones is 1. The van der Waals surface area contributed by atoms with Crippen molar-refractivity contribution in [3.63, 3.8) is 0 Å². The van der Waals surface area contributed by atoms with Gasteiger partial charge in [-0.25, -0.2) is 0 Å². The average Bonchev–Trinajstić information content (AvgIpc) is 2.61. The standard InChI is InChI=1S/C21H22O4/c1-14(2)9-10-24-16-11-19(23-3)21-17(22)13-18(25-20(21)12-16)15-7-5-4-6-8-15/h4-9,11-12,18H,10,13H2,1-3H3. The second-order valence-corrected chi connectivity index (χ2v) is 6.24. The van der Waals surface area contributed by atoms with Crippen molar-refractivity contribution in [3.8, 4) is 17.2 Å². The zero-order valence-corrected chi connectivity index (χ0v) is 14.7. The summed E-state index contributed by atoms with van der Waals surface area (Å²) in [5, 5.41) is 0. The second kappa shape index (κ2) is 7.43. The number of hydrogen-bond donors (Lipinski definition) is 0. The lowest BCUT2D eigenvalue weighted by Crippen LogP contribution is -2.21. The molecule has 1 unspecified atom stereocenters. The lowest BCUT2D eigenvalue weighted by atomic mass is 9.95. The van der Waals surface area contributed by atoms with Crippen LogP contribution in [0.15, 0.2) is 54.1 Å². The number of fused-ring (bicyclic) bond motifs is 1. The highest BCUT2D eigenvalue weighted by atomic mass is 16.5. The van der Waals surface area contributed by atoms with E-state index in [0.717, 1.165) is 5.56 Å². The summed E-state index contributed by atoms with van der Waals surface area (Å²) >= 11 is 0. The first-order valence-electron chi connectivity index (χ1n) is 8.31. The fourth-order valence-corrected chi connectivity index (χ4v) is 2.80. The smallest absolute Gasteiger partial charge is 0.174 e. The molecule has 0 saturated carbocycles. The van der Waals surface area contributed by atoms with Gasteiger partial charge in [0, 0.05) is 12.1 Å². The molecule has 0 aromatic heterocycles. The summed E-state index contributed by atoms with van der Waals surface area (Å²) in [6.45, 7) is 4.49. The number of rotatable bonds is 5. The number of benzene rings is 2. The van der Waals surface area contributed by atoms with Crippen LogP contribution in [-0.2, 0) is 0 Å². The number of hydrogen-bond acceptors (Lipinski definition) is 4. The average molecular weight is 338 g/mol. The van der Waals surface area contributed by atoms with Crippen LogP contribution in [0.1, 0.15) is 42.3 Å². The van der Waals surface area contributed by atoms with E-state index in [-0.39, 0.29) is 11.9 Å². The minimum absolute atomic E-state index is 0.0165. The maximum Gasteiger partial charge on any atom is 0.174 e. The Balaban J connectivity index is 1.92. The summed E-state index contributed by atoms with van der Waals surface area (Å²) < 4.78 is 17.3. The SMILES string of the molecule is COc1cc(OCC=C(C)C)cc2c1C(=O)CC(c1ccccc1)O2. The highest BCUT2D eigenvalue weighted by Crippen LogP contribution is 2.42. The quantitative estimate of drug-likeness (QED) is 0.738. The zero-order valence-electron chi connectivity index (χ0n) is 14.7. The Morgan fingerprint density at radius 3 is 2.68 bits per heavy atom. The van der Waals surface area contributed by atoms with Gasteiger partial charge in [-0.15, -0.1) is 0 Å². The number of carbonyl (C=O) groups excluding carboxylic acids is 1. The molecule has 2 aromatic carbocycles. The Hall–Kier alpha value is -2.75. The van der Waals surface area contributed by atoms with Gasteiger partial charge in [0.25, 0.3) is 0 Å². The van der Waals surface area contributed by atoms with Crippen LogP contribution in [0.2, 0.25) is 0 Å². The van der Waals surface area contributed by atoms with E-state index in [2.05, 4.69) is 0 Å². The van der Waals surface area contributed by atoms with Crippen molar-refractivity contribution in [2.24, 2.45) is 0 Å². The minimum Gasteiger partial charge on any atom is -0.496 e. The van der Waals surface area contributed by atoms with E-state index in [0.29, 0.717) is 35.8 Å². The molecule has 25 heavy (non-hydrogen) atoms. The summed E-state index contributed by atoms with van der Waals surface area (Å²) in [6.07, 6.45) is 2.00. The Bertz CT molecular complexity index is 789. The van der Waals surface area contributed by atoms with E-state index in [9.17, 15) is 4.79 Å². The molecule has 0 bridgehead atoms. The summed E-state index contributed by atoms with van der Waals surface area (Å²) in [7, 11) is 1.55. The fourth-order valence-electron chi connectivity index (χ4n) is 2.80. The van der Waals surface area contributed by atoms with Crippen LogP contribution >= 0.6 is 0 Å². The molecule has 1 aliphatic rings. The van der Waals surface area contributed by atoms with Crippen molar-refractivity contribution in [3.05, 3.63) is 65.2 Å². The normalized spacial score (nSPS) is 15.8. The Labute approximate surface area is 148 Å². The molecule has 1 heterocycles. The third kappa shape index (κ3) is 3.85. The van der Waals surface area contributed by atoms with Crippen LogP contribution < -0.4 is 14.2 Å². The molecular formula is C21H22O4. The van der Waals surface area contributed by atoms with E-state index in [1.807, 2.05) is 50.3 Å². The molecule has 2 aromatic rings. The van der Waals surface area contributed by atoms with Crippen molar-refractivity contribution in [2.75, 3.05) is 13.7 Å². The fraction of sp³-hybridized carbons (Fsp3) is 0.286. The van der Waals surface area contributed by atoms with Gasteiger partial charge in [0.05, 0.1) is 13.5 Å². The molecule has 4 heteroatoms. The van der Waals surface area contributed by atoms with Gasteiger partial charge in [0.2, 0.25) is 0 Å². The van der Waals surface area contributed by atoms with Crippen LogP contribution in [0.5, 0.6) is 17.2 Å². The van der Waals surface area contributed by atoms with Crippen molar-refractivity contribution < 1.29 is 19.0 Å². The molecule has 0 radical (unpaired) electrons. The lowest BCUT2D eigenvalue weighted by molar-refractivity contribution is 0.0844. The van der Waals surface area contributed by atoms with Crippen LogP contribution in [0.25, 0.3) is 0 Å². The molecule has 0 amide bonds. The molecule has 1 aliphatic heterocycles. The highest BCUT2D eigenvalue weighted by Gasteiger charge is 2.31. The van der Waals surface area contributed by atoms with Crippen molar-refractivity contribution in [2.45, 2.75) is 26.4 Å². The molecular weight excluding hydrogens is 316 g/mol. The number of Topliss-reactive ketones (excluding diaryl/α,β-unsaturated/α-hetero) is 1. The van der Waals surface area contributed by atoms with E-state index >= 15 is 0 Å². The van der Waals surface area contributed by atoms with Gasteiger partial charge in [-0.2, -0.15) is 0 Å². The van der Waals surface area contributed by atoms with Crippen LogP contribution in [-0.4, -0.2) is 19.5 Å². The molecule has 0 fully saturated rings.